The van der Waals surface area contributed by atoms with E-state index in [9.17, 15) is 14.4 Å². The molecule has 2 atom stereocenters. The largest absolute Gasteiger partial charge is 0.491 e. The molecule has 4 amide bonds. The number of benzene rings is 2. The monoisotopic (exact) mass is 619 g/mol. The van der Waals surface area contributed by atoms with Crippen LogP contribution < -0.4 is 25.4 Å². The number of oxazole rings is 1. The first-order chi connectivity index (χ1) is 22.0. The van der Waals surface area contributed by atoms with Crippen molar-refractivity contribution in [3.63, 3.8) is 0 Å². The third-order valence-electron chi connectivity index (χ3n) is 7.90. The summed E-state index contributed by atoms with van der Waals surface area (Å²) in [6.45, 7) is 2.01. The van der Waals surface area contributed by atoms with Crippen molar-refractivity contribution in [3.8, 4) is 17.2 Å². The Kier molecular flexibility index (Phi) is 9.46. The van der Waals surface area contributed by atoms with Gasteiger partial charge in [0.15, 0.2) is 12.1 Å². The van der Waals surface area contributed by atoms with Gasteiger partial charge in [-0.05, 0) is 49.1 Å². The summed E-state index contributed by atoms with van der Waals surface area (Å²) in [6, 6.07) is 11.7. The number of aromatic nitrogens is 1. The molecule has 13 nitrogen and oxygen atoms in total. The molecule has 1 saturated carbocycles. The lowest BCUT2D eigenvalue weighted by molar-refractivity contribution is -0.0237. The molecule has 1 aliphatic carbocycles. The van der Waals surface area contributed by atoms with Crippen LogP contribution in [-0.4, -0.2) is 86.4 Å². The van der Waals surface area contributed by atoms with Gasteiger partial charge in [0.25, 0.3) is 11.8 Å². The third kappa shape index (κ3) is 7.73. The number of ether oxygens (including phenoxy) is 4. The molecule has 1 aromatic heterocycles. The predicted octanol–water partition coefficient (Wildman–Crippen LogP) is 3.21. The normalized spacial score (nSPS) is 20.8. The van der Waals surface area contributed by atoms with Crippen LogP contribution in [0.2, 0.25) is 0 Å². The van der Waals surface area contributed by atoms with E-state index in [2.05, 4.69) is 20.9 Å². The van der Waals surface area contributed by atoms with Gasteiger partial charge in [0, 0.05) is 50.8 Å². The molecular formula is C32H37N5O8. The first-order valence-corrected chi connectivity index (χ1v) is 15.2. The quantitative estimate of drug-likeness (QED) is 0.353. The molecular weight excluding hydrogens is 582 g/mol. The average molecular weight is 620 g/mol. The summed E-state index contributed by atoms with van der Waals surface area (Å²) >= 11 is 0. The van der Waals surface area contributed by atoms with Crippen molar-refractivity contribution in [2.75, 3.05) is 46.5 Å². The van der Waals surface area contributed by atoms with Gasteiger partial charge in [-0.15, -0.1) is 0 Å². The molecule has 3 aliphatic rings. The van der Waals surface area contributed by atoms with Crippen LogP contribution in [0.15, 0.2) is 53.3 Å². The molecule has 0 radical (unpaired) electrons. The fourth-order valence-corrected chi connectivity index (χ4v) is 5.44. The van der Waals surface area contributed by atoms with Crippen molar-refractivity contribution in [2.24, 2.45) is 0 Å². The van der Waals surface area contributed by atoms with Crippen molar-refractivity contribution in [1.29, 1.82) is 0 Å². The van der Waals surface area contributed by atoms with Gasteiger partial charge in [0.1, 0.15) is 29.6 Å². The highest BCUT2D eigenvalue weighted by Gasteiger charge is 2.38. The number of amides is 4. The molecule has 2 aliphatic heterocycles. The van der Waals surface area contributed by atoms with Crippen LogP contribution in [0.5, 0.6) is 17.2 Å². The molecule has 0 unspecified atom stereocenters. The number of hydrogen-bond donors (Lipinski definition) is 3. The smallest absolute Gasteiger partial charge is 0.315 e. The molecule has 238 valence electrons. The van der Waals surface area contributed by atoms with Gasteiger partial charge < -0.3 is 44.2 Å². The van der Waals surface area contributed by atoms with Gasteiger partial charge in [-0.25, -0.2) is 9.78 Å². The minimum atomic E-state index is -0.489. The van der Waals surface area contributed by atoms with Crippen LogP contribution in [0.3, 0.4) is 0 Å². The number of methoxy groups -OCH3 is 1. The fourth-order valence-electron chi connectivity index (χ4n) is 5.44. The lowest BCUT2D eigenvalue weighted by Crippen LogP contribution is -2.58. The zero-order valence-electron chi connectivity index (χ0n) is 25.1. The molecule has 3 heterocycles. The summed E-state index contributed by atoms with van der Waals surface area (Å²) < 4.78 is 28.9. The van der Waals surface area contributed by atoms with Crippen molar-refractivity contribution in [2.45, 2.75) is 43.9 Å². The van der Waals surface area contributed by atoms with Gasteiger partial charge >= 0.3 is 6.03 Å². The van der Waals surface area contributed by atoms with Crippen molar-refractivity contribution >= 4 is 17.8 Å². The summed E-state index contributed by atoms with van der Waals surface area (Å²) in [7, 11) is 1.58. The Morgan fingerprint density at radius 1 is 1.04 bits per heavy atom. The van der Waals surface area contributed by atoms with Crippen LogP contribution >= 0.6 is 0 Å². The third-order valence-corrected chi connectivity index (χ3v) is 7.90. The van der Waals surface area contributed by atoms with Gasteiger partial charge in [-0.1, -0.05) is 12.1 Å². The Morgan fingerprint density at radius 3 is 2.76 bits per heavy atom. The minimum Gasteiger partial charge on any atom is -0.491 e. The number of piperidine rings is 1. The highest BCUT2D eigenvalue weighted by molar-refractivity contribution is 5.95. The standard InChI is InChI=1S/C32H37N5O8/c1-41-11-12-42-24-14-22-15-25(16-24)45-23-4-2-3-20(13-23)18-43-27-17-37(31(39)28-29(21-5-6-21)44-19-35-28)10-7-26(27)36-32(40)34-9-8-33-30(22)38/h2-4,13-16,19,21,26-27H,5-12,17-18H2,1H3,(H,33,38)(H2,34,36,40)/t26-,27-/m0/s1. The van der Waals surface area contributed by atoms with E-state index in [0.717, 1.165) is 18.4 Å². The molecule has 1 saturated heterocycles. The summed E-state index contributed by atoms with van der Waals surface area (Å²) in [6.07, 6.45) is 3.31. The zero-order chi connectivity index (χ0) is 31.2. The molecule has 3 N–H and O–H groups in total. The van der Waals surface area contributed by atoms with Gasteiger partial charge in [0.05, 0.1) is 25.4 Å². The molecule has 0 spiro atoms. The maximum atomic E-state index is 13.5. The van der Waals surface area contributed by atoms with E-state index >= 15 is 0 Å². The number of rotatable bonds is 6. The van der Waals surface area contributed by atoms with Crippen LogP contribution in [-0.2, 0) is 16.1 Å². The summed E-state index contributed by atoms with van der Waals surface area (Å²) in [5.41, 5.74) is 1.53. The van der Waals surface area contributed by atoms with E-state index in [-0.39, 0.29) is 56.0 Å². The first kappa shape index (κ1) is 30.4. The molecule has 2 aromatic carbocycles. The second kappa shape index (κ2) is 14.0. The Hall–Kier alpha value is -4.62. The summed E-state index contributed by atoms with van der Waals surface area (Å²) in [5, 5.41) is 8.62. The highest BCUT2D eigenvalue weighted by atomic mass is 16.5. The number of likely N-dealkylation sites (tertiary alicyclic amines) is 1. The van der Waals surface area contributed by atoms with Crippen LogP contribution in [0.25, 0.3) is 0 Å². The number of nitrogens with zero attached hydrogens (tertiary/aromatic N) is 2. The van der Waals surface area contributed by atoms with E-state index in [0.29, 0.717) is 60.4 Å². The molecule has 45 heavy (non-hydrogen) atoms. The van der Waals surface area contributed by atoms with Crippen LogP contribution in [0.4, 0.5) is 4.79 Å². The number of fused-ring (bicyclic) bond motifs is 5. The maximum absolute atomic E-state index is 13.5. The maximum Gasteiger partial charge on any atom is 0.315 e. The second-order valence-corrected chi connectivity index (χ2v) is 11.3. The Bertz CT molecular complexity index is 1520. The van der Waals surface area contributed by atoms with Gasteiger partial charge in [0.2, 0.25) is 0 Å². The molecule has 3 aromatic rings. The van der Waals surface area contributed by atoms with Gasteiger partial charge in [-0.2, -0.15) is 0 Å². The number of hydrogen-bond acceptors (Lipinski definition) is 9. The zero-order valence-corrected chi connectivity index (χ0v) is 25.1. The number of carbonyl (C=O) groups is 3. The summed E-state index contributed by atoms with van der Waals surface area (Å²) in [5.74, 6) is 1.79. The molecule has 4 bridgehead atoms. The van der Waals surface area contributed by atoms with E-state index < -0.39 is 6.10 Å². The highest BCUT2D eigenvalue weighted by Crippen LogP contribution is 2.41. The lowest BCUT2D eigenvalue weighted by atomic mass is 10.0. The average Bonchev–Trinajstić information content (AvgIpc) is 3.77. The fraction of sp³-hybridized carbons (Fsp3) is 0.438. The summed E-state index contributed by atoms with van der Waals surface area (Å²) in [4.78, 5) is 45.3. The lowest BCUT2D eigenvalue weighted by Gasteiger charge is -2.38. The SMILES string of the molecule is COCCOc1cc2cc(c1)C(=O)NCCNC(=O)N[C@H]1CCN(C(=O)c3ncoc3C3CC3)C[C@@H]1OCc1cccc(c1)O2. The van der Waals surface area contributed by atoms with E-state index in [1.807, 2.05) is 24.3 Å². The van der Waals surface area contributed by atoms with Gasteiger partial charge in [-0.3, -0.25) is 9.59 Å². The topological polar surface area (TPSA) is 153 Å². The Balaban J connectivity index is 1.21. The second-order valence-electron chi connectivity index (χ2n) is 11.3. The number of urea groups is 1. The van der Waals surface area contributed by atoms with Crippen molar-refractivity contribution in [3.05, 3.63) is 71.4 Å². The first-order valence-electron chi connectivity index (χ1n) is 15.2. The Morgan fingerprint density at radius 2 is 1.91 bits per heavy atom. The predicted molar refractivity (Wildman–Crippen MR) is 161 cm³/mol. The van der Waals surface area contributed by atoms with Crippen LogP contribution in [0, 0.1) is 0 Å². The van der Waals surface area contributed by atoms with E-state index in [4.69, 9.17) is 23.4 Å². The van der Waals surface area contributed by atoms with Crippen LogP contribution in [0.1, 0.15) is 57.4 Å². The number of nitrogens with one attached hydrogen (secondary N) is 3. The van der Waals surface area contributed by atoms with Crippen molar-refractivity contribution < 1.29 is 37.7 Å². The van der Waals surface area contributed by atoms with E-state index in [1.54, 1.807) is 30.2 Å². The van der Waals surface area contributed by atoms with Crippen molar-refractivity contribution in [1.82, 2.24) is 25.8 Å². The molecule has 13 heteroatoms. The Labute approximate surface area is 260 Å². The number of carbonyl (C=O) groups excluding carboxylic acids is 3. The molecule has 2 fully saturated rings. The minimum absolute atomic E-state index is 0.199. The molecule has 6 rings (SSSR count). The van der Waals surface area contributed by atoms with E-state index in [1.165, 1.54) is 6.39 Å².